The van der Waals surface area contributed by atoms with Gasteiger partial charge in [-0.05, 0) is 12.1 Å². The number of carboxylic acids is 1. The average molecular weight is 300 g/mol. The van der Waals surface area contributed by atoms with Crippen LogP contribution in [-0.2, 0) is 4.79 Å². The summed E-state index contributed by atoms with van der Waals surface area (Å²) in [6.07, 6.45) is -1.68. The summed E-state index contributed by atoms with van der Waals surface area (Å²) in [6, 6.07) is 3.03. The molecule has 0 saturated heterocycles. The molecule has 0 amide bonds. The van der Waals surface area contributed by atoms with E-state index < -0.39 is 12.1 Å². The quantitative estimate of drug-likeness (QED) is 0.826. The molecule has 1 atom stereocenters. The number of halogens is 3. The lowest BCUT2D eigenvalue weighted by Crippen LogP contribution is -2.11. The van der Waals surface area contributed by atoms with Gasteiger partial charge in [0.1, 0.15) is 0 Å². The van der Waals surface area contributed by atoms with Crippen LogP contribution in [0, 0.1) is 0 Å². The maximum Gasteiger partial charge on any atom is 0.337 e. The Hall–Kier alpha value is -0.290. The lowest BCUT2D eigenvalue weighted by Gasteiger charge is -2.11. The topological polar surface area (TPSA) is 57.5 Å². The van der Waals surface area contributed by atoms with E-state index in [9.17, 15) is 9.90 Å². The Kier molecular flexibility index (Phi) is 3.78. The van der Waals surface area contributed by atoms with E-state index in [1.54, 1.807) is 0 Å². The minimum absolute atomic E-state index is 0.0379. The van der Waals surface area contributed by atoms with E-state index >= 15 is 0 Å². The monoisotopic (exact) mass is 298 g/mol. The second kappa shape index (κ2) is 4.49. The second-order valence-electron chi connectivity index (χ2n) is 2.50. The van der Waals surface area contributed by atoms with Crippen LogP contribution < -0.4 is 0 Å². The molecule has 0 fully saturated rings. The van der Waals surface area contributed by atoms with Gasteiger partial charge in [-0.25, -0.2) is 4.79 Å². The normalized spacial score (nSPS) is 12.6. The van der Waals surface area contributed by atoms with Crippen LogP contribution in [0.2, 0.25) is 10.0 Å². The molecule has 6 heteroatoms. The average Bonchev–Trinajstić information content (AvgIpc) is 2.12. The van der Waals surface area contributed by atoms with Crippen LogP contribution in [0.5, 0.6) is 0 Å². The van der Waals surface area contributed by atoms with E-state index in [0.717, 1.165) is 0 Å². The second-order valence-corrected chi connectivity index (χ2v) is 4.14. The zero-order chi connectivity index (χ0) is 10.9. The van der Waals surface area contributed by atoms with Crippen molar-refractivity contribution >= 4 is 45.1 Å². The minimum atomic E-state index is -1.68. The number of carbonyl (C=O) groups is 1. The van der Waals surface area contributed by atoms with Crippen LogP contribution >= 0.6 is 39.1 Å². The molecule has 76 valence electrons. The first kappa shape index (κ1) is 11.8. The van der Waals surface area contributed by atoms with Crippen molar-refractivity contribution in [1.82, 2.24) is 0 Å². The summed E-state index contributed by atoms with van der Waals surface area (Å²) in [5.74, 6) is -1.38. The molecule has 0 saturated carbocycles. The van der Waals surface area contributed by atoms with Gasteiger partial charge in [-0.3, -0.25) is 0 Å². The Balaban J connectivity index is 3.32. The van der Waals surface area contributed by atoms with Gasteiger partial charge in [0, 0.05) is 10.0 Å². The number of hydrogen-bond donors (Lipinski definition) is 2. The molecule has 3 nitrogen and oxygen atoms in total. The Morgan fingerprint density at radius 1 is 1.43 bits per heavy atom. The maximum absolute atomic E-state index is 10.5. The van der Waals surface area contributed by atoms with E-state index in [4.69, 9.17) is 28.3 Å². The highest BCUT2D eigenvalue weighted by Crippen LogP contribution is 2.35. The summed E-state index contributed by atoms with van der Waals surface area (Å²) in [4.78, 5) is 10.5. The van der Waals surface area contributed by atoms with Gasteiger partial charge >= 0.3 is 5.97 Å². The predicted molar refractivity (Wildman–Crippen MR) is 56.8 cm³/mol. The lowest BCUT2D eigenvalue weighted by atomic mass is 10.1. The van der Waals surface area contributed by atoms with Crippen molar-refractivity contribution in [2.24, 2.45) is 0 Å². The highest BCUT2D eigenvalue weighted by Gasteiger charge is 2.23. The number of aliphatic hydroxyl groups is 1. The molecule has 0 heterocycles. The lowest BCUT2D eigenvalue weighted by molar-refractivity contribution is -0.147. The van der Waals surface area contributed by atoms with Crippen molar-refractivity contribution in [2.45, 2.75) is 6.10 Å². The Morgan fingerprint density at radius 2 is 2.00 bits per heavy atom. The van der Waals surface area contributed by atoms with E-state index in [-0.39, 0.29) is 15.6 Å². The molecule has 0 aliphatic rings. The molecule has 0 bridgehead atoms. The highest BCUT2D eigenvalue weighted by atomic mass is 79.9. The predicted octanol–water partition coefficient (Wildman–Crippen LogP) is 2.87. The standard InChI is InChI=1S/C8H5BrCl2O3/c9-3-1-2-4(10)6(11)5(3)7(12)8(13)14/h1-2,7,12H,(H,13,14). The molecule has 1 rings (SSSR count). The molecule has 1 aromatic rings. The van der Waals surface area contributed by atoms with Crippen LogP contribution in [0.25, 0.3) is 0 Å². The van der Waals surface area contributed by atoms with Gasteiger partial charge in [-0.2, -0.15) is 0 Å². The third-order valence-corrected chi connectivity index (χ3v) is 3.10. The Bertz CT molecular complexity index is 381. The fourth-order valence-electron chi connectivity index (χ4n) is 0.917. The number of benzene rings is 1. The van der Waals surface area contributed by atoms with Crippen LogP contribution in [0.3, 0.4) is 0 Å². The van der Waals surface area contributed by atoms with E-state index in [2.05, 4.69) is 15.9 Å². The number of rotatable bonds is 2. The minimum Gasteiger partial charge on any atom is -0.479 e. The molecule has 14 heavy (non-hydrogen) atoms. The van der Waals surface area contributed by atoms with Crippen molar-refractivity contribution in [1.29, 1.82) is 0 Å². The summed E-state index contributed by atoms with van der Waals surface area (Å²) in [6.45, 7) is 0. The van der Waals surface area contributed by atoms with Crippen LogP contribution in [0.1, 0.15) is 11.7 Å². The molecule has 0 aliphatic heterocycles. The van der Waals surface area contributed by atoms with Crippen LogP contribution in [0.4, 0.5) is 0 Å². The SMILES string of the molecule is O=C(O)C(O)c1c(Br)ccc(Cl)c1Cl. The van der Waals surface area contributed by atoms with Gasteiger partial charge in [-0.15, -0.1) is 0 Å². The van der Waals surface area contributed by atoms with E-state index in [0.29, 0.717) is 4.47 Å². The highest BCUT2D eigenvalue weighted by molar-refractivity contribution is 9.10. The smallest absolute Gasteiger partial charge is 0.337 e. The van der Waals surface area contributed by atoms with Crippen molar-refractivity contribution < 1.29 is 15.0 Å². The molecule has 0 radical (unpaired) electrons. The summed E-state index contributed by atoms with van der Waals surface area (Å²) in [7, 11) is 0. The first-order valence-corrected chi connectivity index (χ1v) is 5.04. The fourth-order valence-corrected chi connectivity index (χ4v) is 2.01. The summed E-state index contributed by atoms with van der Waals surface area (Å²) in [5.41, 5.74) is 0.0617. The summed E-state index contributed by atoms with van der Waals surface area (Å²) >= 11 is 14.5. The molecular formula is C8H5BrCl2O3. The number of aliphatic carboxylic acids is 1. The first-order valence-electron chi connectivity index (χ1n) is 3.49. The molecule has 0 spiro atoms. The molecule has 0 aromatic heterocycles. The van der Waals surface area contributed by atoms with Crippen LogP contribution in [0.15, 0.2) is 16.6 Å². The van der Waals surface area contributed by atoms with E-state index in [1.165, 1.54) is 12.1 Å². The third kappa shape index (κ3) is 2.20. The zero-order valence-corrected chi connectivity index (χ0v) is 9.77. The molecule has 1 unspecified atom stereocenters. The molecule has 0 aliphatic carbocycles. The number of aliphatic hydroxyl groups excluding tert-OH is 1. The number of carboxylic acid groups (broad SMARTS) is 1. The zero-order valence-electron chi connectivity index (χ0n) is 6.67. The van der Waals surface area contributed by atoms with Crippen LogP contribution in [-0.4, -0.2) is 16.2 Å². The van der Waals surface area contributed by atoms with Gasteiger partial charge < -0.3 is 10.2 Å². The number of hydrogen-bond acceptors (Lipinski definition) is 2. The van der Waals surface area contributed by atoms with Crippen molar-refractivity contribution in [3.05, 3.63) is 32.2 Å². The van der Waals surface area contributed by atoms with Gasteiger partial charge in [-0.1, -0.05) is 39.1 Å². The Morgan fingerprint density at radius 3 is 2.50 bits per heavy atom. The van der Waals surface area contributed by atoms with Gasteiger partial charge in [0.05, 0.1) is 10.0 Å². The van der Waals surface area contributed by atoms with E-state index in [1.807, 2.05) is 0 Å². The molecular weight excluding hydrogens is 295 g/mol. The summed E-state index contributed by atoms with van der Waals surface area (Å²) in [5, 5.41) is 18.2. The molecule has 1 aromatic carbocycles. The van der Waals surface area contributed by atoms with Crippen molar-refractivity contribution in [3.63, 3.8) is 0 Å². The van der Waals surface area contributed by atoms with Crippen molar-refractivity contribution in [3.8, 4) is 0 Å². The van der Waals surface area contributed by atoms with Gasteiger partial charge in [0.2, 0.25) is 0 Å². The first-order chi connectivity index (χ1) is 6.45. The third-order valence-electron chi connectivity index (χ3n) is 1.59. The maximum atomic E-state index is 10.5. The largest absolute Gasteiger partial charge is 0.479 e. The van der Waals surface area contributed by atoms with Gasteiger partial charge in [0.15, 0.2) is 6.10 Å². The van der Waals surface area contributed by atoms with Crippen molar-refractivity contribution in [2.75, 3.05) is 0 Å². The summed E-state index contributed by atoms with van der Waals surface area (Å²) < 4.78 is 0.404. The molecule has 2 N–H and O–H groups in total. The van der Waals surface area contributed by atoms with Gasteiger partial charge in [0.25, 0.3) is 0 Å². The Labute approximate surface area is 98.4 Å². The fraction of sp³-hybridized carbons (Fsp3) is 0.125.